The highest BCUT2D eigenvalue weighted by molar-refractivity contribution is 5.82. The monoisotopic (exact) mass is 237 g/mol. The van der Waals surface area contributed by atoms with Gasteiger partial charge in [-0.1, -0.05) is 30.3 Å². The lowest BCUT2D eigenvalue weighted by molar-refractivity contribution is 0.185. The van der Waals surface area contributed by atoms with E-state index in [9.17, 15) is 0 Å². The molecule has 0 heterocycles. The second-order valence-corrected chi connectivity index (χ2v) is 3.90. The average Bonchev–Trinajstić information content (AvgIpc) is 2.36. The van der Waals surface area contributed by atoms with Crippen LogP contribution in [0.25, 0.3) is 0 Å². The third-order valence-corrected chi connectivity index (χ3v) is 2.54. The van der Waals surface area contributed by atoms with Crippen molar-refractivity contribution in [3.63, 3.8) is 0 Å². The third-order valence-electron chi connectivity index (χ3n) is 2.54. The van der Waals surface area contributed by atoms with Gasteiger partial charge in [-0.25, -0.2) is 0 Å². The summed E-state index contributed by atoms with van der Waals surface area (Å²) in [6.07, 6.45) is 0. The maximum absolute atomic E-state index is 8.56. The number of rotatable bonds is 6. The number of anilines is 1. The first-order valence-corrected chi connectivity index (χ1v) is 5.47. The molecule has 1 rings (SSSR count). The van der Waals surface area contributed by atoms with Crippen molar-refractivity contribution in [1.29, 1.82) is 0 Å². The molecule has 94 valence electrons. The summed E-state index contributed by atoms with van der Waals surface area (Å²) in [6, 6.07) is 7.90. The largest absolute Gasteiger partial charge is 0.409 e. The lowest BCUT2D eigenvalue weighted by atomic mass is 10.1. The van der Waals surface area contributed by atoms with Crippen LogP contribution in [0.2, 0.25) is 0 Å². The summed E-state index contributed by atoms with van der Waals surface area (Å²) in [5, 5.41) is 14.8. The molecule has 0 amide bonds. The van der Waals surface area contributed by atoms with Crippen LogP contribution >= 0.6 is 0 Å². The molecule has 4 N–H and O–H groups in total. The molecule has 1 atom stereocenters. The van der Waals surface area contributed by atoms with Crippen molar-refractivity contribution in [3.05, 3.63) is 29.8 Å². The van der Waals surface area contributed by atoms with Gasteiger partial charge in [-0.3, -0.25) is 0 Å². The first-order chi connectivity index (χ1) is 8.19. The summed E-state index contributed by atoms with van der Waals surface area (Å²) in [5.74, 6) is 0.192. The minimum Gasteiger partial charge on any atom is -0.409 e. The summed E-state index contributed by atoms with van der Waals surface area (Å²) < 4.78 is 5.12. The van der Waals surface area contributed by atoms with Crippen molar-refractivity contribution in [2.75, 3.05) is 19.0 Å². The number of nitrogens with zero attached hydrogens (tertiary/aromatic N) is 1. The highest BCUT2D eigenvalue weighted by Gasteiger charge is 2.08. The quantitative estimate of drug-likeness (QED) is 0.304. The Balaban J connectivity index is 2.62. The standard InChI is InChI=1S/C12H19N3O2/c1-9(12(13)15-16)7-14-11-6-4-3-5-10(11)8-17-2/h3-6,9,14,16H,7-8H2,1-2H3,(H2,13,15). The fourth-order valence-corrected chi connectivity index (χ4v) is 1.44. The first-order valence-electron chi connectivity index (χ1n) is 5.47. The Morgan fingerprint density at radius 3 is 2.88 bits per heavy atom. The van der Waals surface area contributed by atoms with Crippen molar-refractivity contribution < 1.29 is 9.94 Å². The zero-order valence-electron chi connectivity index (χ0n) is 10.2. The number of oxime groups is 1. The Kier molecular flexibility index (Phi) is 5.29. The molecule has 0 bridgehead atoms. The summed E-state index contributed by atoms with van der Waals surface area (Å²) >= 11 is 0. The van der Waals surface area contributed by atoms with Crippen molar-refractivity contribution in [2.24, 2.45) is 16.8 Å². The highest BCUT2D eigenvalue weighted by Crippen LogP contribution is 2.16. The predicted octanol–water partition coefficient (Wildman–Crippen LogP) is 1.63. The fraction of sp³-hybridized carbons (Fsp3) is 0.417. The maximum atomic E-state index is 8.56. The summed E-state index contributed by atoms with van der Waals surface area (Å²) in [6.45, 7) is 3.05. The predicted molar refractivity (Wildman–Crippen MR) is 68.2 cm³/mol. The van der Waals surface area contributed by atoms with Gasteiger partial charge in [0.2, 0.25) is 0 Å². The van der Waals surface area contributed by atoms with E-state index in [0.29, 0.717) is 13.2 Å². The van der Waals surface area contributed by atoms with E-state index in [0.717, 1.165) is 11.3 Å². The zero-order chi connectivity index (χ0) is 12.7. The van der Waals surface area contributed by atoms with Gasteiger partial charge in [-0.15, -0.1) is 0 Å². The van der Waals surface area contributed by atoms with E-state index in [1.807, 2.05) is 31.2 Å². The van der Waals surface area contributed by atoms with Crippen LogP contribution in [-0.2, 0) is 11.3 Å². The van der Waals surface area contributed by atoms with Crippen LogP contribution in [0.5, 0.6) is 0 Å². The van der Waals surface area contributed by atoms with Gasteiger partial charge in [0.05, 0.1) is 6.61 Å². The molecule has 17 heavy (non-hydrogen) atoms. The van der Waals surface area contributed by atoms with Crippen molar-refractivity contribution in [2.45, 2.75) is 13.5 Å². The van der Waals surface area contributed by atoms with Crippen LogP contribution in [0.4, 0.5) is 5.69 Å². The molecule has 0 aliphatic rings. The number of nitrogens with one attached hydrogen (secondary N) is 1. The van der Waals surface area contributed by atoms with Crippen molar-refractivity contribution in [1.82, 2.24) is 0 Å². The van der Waals surface area contributed by atoms with E-state index in [1.165, 1.54) is 0 Å². The average molecular weight is 237 g/mol. The van der Waals surface area contributed by atoms with Gasteiger partial charge in [0, 0.05) is 30.8 Å². The molecule has 0 radical (unpaired) electrons. The molecule has 0 aromatic heterocycles. The molecular weight excluding hydrogens is 218 g/mol. The SMILES string of the molecule is COCc1ccccc1NCC(C)C(N)=NO. The van der Waals surface area contributed by atoms with Gasteiger partial charge < -0.3 is 21.0 Å². The molecule has 0 aliphatic heterocycles. The molecule has 1 unspecified atom stereocenters. The van der Waals surface area contributed by atoms with Crippen LogP contribution in [0.15, 0.2) is 29.4 Å². The number of hydrogen-bond donors (Lipinski definition) is 3. The maximum Gasteiger partial charge on any atom is 0.143 e. The molecule has 0 saturated heterocycles. The van der Waals surface area contributed by atoms with E-state index < -0.39 is 0 Å². The van der Waals surface area contributed by atoms with Gasteiger partial charge in [0.15, 0.2) is 0 Å². The Labute approximate surface area is 101 Å². The fourth-order valence-electron chi connectivity index (χ4n) is 1.44. The molecule has 0 saturated carbocycles. The molecule has 1 aromatic carbocycles. The van der Waals surface area contributed by atoms with E-state index in [1.54, 1.807) is 7.11 Å². The van der Waals surface area contributed by atoms with Crippen LogP contribution in [0, 0.1) is 5.92 Å². The smallest absolute Gasteiger partial charge is 0.143 e. The molecule has 0 aliphatic carbocycles. The summed E-state index contributed by atoms with van der Waals surface area (Å²) in [7, 11) is 1.66. The van der Waals surface area contributed by atoms with E-state index in [-0.39, 0.29) is 11.8 Å². The van der Waals surface area contributed by atoms with Crippen molar-refractivity contribution >= 4 is 11.5 Å². The van der Waals surface area contributed by atoms with Crippen LogP contribution in [0.1, 0.15) is 12.5 Å². The van der Waals surface area contributed by atoms with Gasteiger partial charge in [-0.05, 0) is 6.07 Å². The number of methoxy groups -OCH3 is 1. The van der Waals surface area contributed by atoms with Gasteiger partial charge >= 0.3 is 0 Å². The van der Waals surface area contributed by atoms with Crippen molar-refractivity contribution in [3.8, 4) is 0 Å². The topological polar surface area (TPSA) is 79.9 Å². The summed E-state index contributed by atoms with van der Waals surface area (Å²) in [5.41, 5.74) is 7.60. The van der Waals surface area contributed by atoms with Gasteiger partial charge in [-0.2, -0.15) is 0 Å². The molecule has 5 nitrogen and oxygen atoms in total. The van der Waals surface area contributed by atoms with Gasteiger partial charge in [0.25, 0.3) is 0 Å². The minimum absolute atomic E-state index is 0.0319. The lowest BCUT2D eigenvalue weighted by Gasteiger charge is -2.14. The van der Waals surface area contributed by atoms with Crippen LogP contribution < -0.4 is 11.1 Å². The van der Waals surface area contributed by atoms with E-state index in [4.69, 9.17) is 15.7 Å². The van der Waals surface area contributed by atoms with E-state index in [2.05, 4.69) is 10.5 Å². The Morgan fingerprint density at radius 2 is 2.24 bits per heavy atom. The minimum atomic E-state index is -0.0319. The summed E-state index contributed by atoms with van der Waals surface area (Å²) in [4.78, 5) is 0. The molecule has 0 fully saturated rings. The Bertz CT molecular complexity index is 380. The number of amidine groups is 1. The molecule has 5 heteroatoms. The zero-order valence-corrected chi connectivity index (χ0v) is 10.2. The van der Waals surface area contributed by atoms with Crippen LogP contribution in [0.3, 0.4) is 0 Å². The number of benzene rings is 1. The Hall–Kier alpha value is -1.75. The lowest BCUT2D eigenvalue weighted by Crippen LogP contribution is -2.27. The number of nitrogens with two attached hydrogens (primary N) is 1. The highest BCUT2D eigenvalue weighted by atomic mass is 16.5. The van der Waals surface area contributed by atoms with E-state index >= 15 is 0 Å². The number of hydrogen-bond acceptors (Lipinski definition) is 4. The third kappa shape index (κ3) is 3.96. The molecular formula is C12H19N3O2. The first kappa shape index (κ1) is 13.3. The second kappa shape index (κ2) is 6.75. The molecule has 1 aromatic rings. The van der Waals surface area contributed by atoms with Crippen LogP contribution in [-0.4, -0.2) is 24.7 Å². The van der Waals surface area contributed by atoms with Gasteiger partial charge in [0.1, 0.15) is 5.84 Å². The normalized spacial score (nSPS) is 13.4. The number of ether oxygens (including phenoxy) is 1. The molecule has 0 spiro atoms. The Morgan fingerprint density at radius 1 is 1.53 bits per heavy atom. The second-order valence-electron chi connectivity index (χ2n) is 3.90. The number of para-hydroxylation sites is 1.